The molecule has 1 rings (SSSR count). The molecule has 16 heavy (non-hydrogen) atoms. The average molecular weight is 228 g/mol. The van der Waals surface area contributed by atoms with Crippen LogP contribution in [0.3, 0.4) is 0 Å². The Labute approximate surface area is 95.7 Å². The average Bonchev–Trinajstić information content (AvgIpc) is 2.74. The molecule has 1 heterocycles. The van der Waals surface area contributed by atoms with Gasteiger partial charge < -0.3 is 19.8 Å². The zero-order valence-corrected chi connectivity index (χ0v) is 9.93. The topological polar surface area (TPSA) is 75.2 Å². The maximum atomic E-state index is 6.03. The first kappa shape index (κ1) is 13.1. The Morgan fingerprint density at radius 1 is 1.38 bits per heavy atom. The van der Waals surface area contributed by atoms with Crippen molar-refractivity contribution in [2.24, 2.45) is 5.73 Å². The van der Waals surface area contributed by atoms with Crippen molar-refractivity contribution in [3.05, 3.63) is 12.2 Å². The van der Waals surface area contributed by atoms with E-state index < -0.39 is 0 Å². The summed E-state index contributed by atoms with van der Waals surface area (Å²) in [6.45, 7) is 2.09. The predicted octanol–water partition coefficient (Wildman–Crippen LogP) is 0.351. The molecule has 2 N–H and O–H groups in total. The Hall–Kier alpha value is -0.980. The summed E-state index contributed by atoms with van der Waals surface area (Å²) < 4.78 is 11.9. The van der Waals surface area contributed by atoms with Crippen molar-refractivity contribution < 1.29 is 9.47 Å². The highest BCUT2D eigenvalue weighted by Crippen LogP contribution is 2.12. The zero-order valence-electron chi connectivity index (χ0n) is 9.93. The van der Waals surface area contributed by atoms with Gasteiger partial charge in [-0.1, -0.05) is 0 Å². The van der Waals surface area contributed by atoms with Gasteiger partial charge in [-0.05, 0) is 12.8 Å². The molecule has 1 aromatic heterocycles. The molecule has 0 saturated heterocycles. The molecule has 0 aromatic carbocycles. The smallest absolute Gasteiger partial charge is 0.149 e. The summed E-state index contributed by atoms with van der Waals surface area (Å²) in [7, 11) is 3.36. The van der Waals surface area contributed by atoms with E-state index in [1.807, 2.05) is 4.57 Å². The SMILES string of the molecule is COCCCC(N)c1nncn1CCOC. The number of nitrogens with two attached hydrogens (primary N) is 1. The highest BCUT2D eigenvalue weighted by Gasteiger charge is 2.12. The Kier molecular flexibility index (Phi) is 5.99. The van der Waals surface area contributed by atoms with Gasteiger partial charge in [0.2, 0.25) is 0 Å². The molecule has 0 radical (unpaired) electrons. The van der Waals surface area contributed by atoms with E-state index in [1.54, 1.807) is 20.5 Å². The molecular weight excluding hydrogens is 208 g/mol. The summed E-state index contributed by atoms with van der Waals surface area (Å²) in [5.41, 5.74) is 6.03. The van der Waals surface area contributed by atoms with E-state index in [9.17, 15) is 0 Å². The van der Waals surface area contributed by atoms with Crippen LogP contribution in [0.1, 0.15) is 24.7 Å². The molecule has 0 fully saturated rings. The second kappa shape index (κ2) is 7.32. The summed E-state index contributed by atoms with van der Waals surface area (Å²) in [4.78, 5) is 0. The number of nitrogens with zero attached hydrogens (tertiary/aromatic N) is 3. The molecular formula is C10H20N4O2. The van der Waals surface area contributed by atoms with Crippen LogP contribution in [0.15, 0.2) is 6.33 Å². The quantitative estimate of drug-likeness (QED) is 0.650. The maximum Gasteiger partial charge on any atom is 0.149 e. The van der Waals surface area contributed by atoms with E-state index in [4.69, 9.17) is 15.2 Å². The lowest BCUT2D eigenvalue weighted by Gasteiger charge is -2.12. The Balaban J connectivity index is 2.46. The fourth-order valence-electron chi connectivity index (χ4n) is 1.49. The van der Waals surface area contributed by atoms with Crippen LogP contribution in [0, 0.1) is 0 Å². The molecule has 1 aromatic rings. The molecule has 92 valence electrons. The largest absolute Gasteiger partial charge is 0.385 e. The van der Waals surface area contributed by atoms with Crippen LogP contribution in [-0.4, -0.2) is 42.2 Å². The van der Waals surface area contributed by atoms with Gasteiger partial charge in [-0.3, -0.25) is 0 Å². The lowest BCUT2D eigenvalue weighted by atomic mass is 10.1. The first-order valence-electron chi connectivity index (χ1n) is 5.40. The van der Waals surface area contributed by atoms with Crippen molar-refractivity contribution in [1.29, 1.82) is 0 Å². The minimum absolute atomic E-state index is 0.0884. The molecule has 0 bridgehead atoms. The monoisotopic (exact) mass is 228 g/mol. The third-order valence-corrected chi connectivity index (χ3v) is 2.38. The summed E-state index contributed by atoms with van der Waals surface area (Å²) in [6.07, 6.45) is 3.46. The predicted molar refractivity (Wildman–Crippen MR) is 59.9 cm³/mol. The van der Waals surface area contributed by atoms with Crippen molar-refractivity contribution in [2.75, 3.05) is 27.4 Å². The molecule has 6 heteroatoms. The van der Waals surface area contributed by atoms with Crippen LogP contribution in [0.4, 0.5) is 0 Å². The van der Waals surface area contributed by atoms with Crippen LogP contribution in [-0.2, 0) is 16.0 Å². The minimum Gasteiger partial charge on any atom is -0.385 e. The van der Waals surface area contributed by atoms with Gasteiger partial charge in [-0.2, -0.15) is 0 Å². The first-order valence-corrected chi connectivity index (χ1v) is 5.40. The van der Waals surface area contributed by atoms with Gasteiger partial charge >= 0.3 is 0 Å². The summed E-state index contributed by atoms with van der Waals surface area (Å²) >= 11 is 0. The molecule has 1 atom stereocenters. The van der Waals surface area contributed by atoms with Crippen molar-refractivity contribution >= 4 is 0 Å². The van der Waals surface area contributed by atoms with E-state index in [-0.39, 0.29) is 6.04 Å². The van der Waals surface area contributed by atoms with Gasteiger partial charge in [0.05, 0.1) is 12.6 Å². The molecule has 0 aliphatic heterocycles. The van der Waals surface area contributed by atoms with Gasteiger partial charge in [-0.25, -0.2) is 0 Å². The molecule has 6 nitrogen and oxygen atoms in total. The minimum atomic E-state index is -0.0884. The number of rotatable bonds is 8. The van der Waals surface area contributed by atoms with Crippen molar-refractivity contribution in [3.63, 3.8) is 0 Å². The standard InChI is InChI=1S/C10H20N4O2/c1-15-6-3-4-9(11)10-13-12-8-14(10)5-7-16-2/h8-9H,3-7,11H2,1-2H3. The molecule has 1 unspecified atom stereocenters. The summed E-state index contributed by atoms with van der Waals surface area (Å²) in [6, 6.07) is -0.0884. The fraction of sp³-hybridized carbons (Fsp3) is 0.800. The lowest BCUT2D eigenvalue weighted by Crippen LogP contribution is -2.18. The normalized spacial score (nSPS) is 12.9. The van der Waals surface area contributed by atoms with Crippen molar-refractivity contribution in [1.82, 2.24) is 14.8 Å². The van der Waals surface area contributed by atoms with Gasteiger partial charge in [0.25, 0.3) is 0 Å². The molecule has 0 amide bonds. The molecule has 0 aliphatic carbocycles. The van der Waals surface area contributed by atoms with Crippen molar-refractivity contribution in [2.45, 2.75) is 25.4 Å². The van der Waals surface area contributed by atoms with E-state index >= 15 is 0 Å². The van der Waals surface area contributed by atoms with Crippen LogP contribution in [0.5, 0.6) is 0 Å². The van der Waals surface area contributed by atoms with E-state index in [1.165, 1.54) is 0 Å². The van der Waals surface area contributed by atoms with Gasteiger partial charge in [0.1, 0.15) is 12.2 Å². The van der Waals surface area contributed by atoms with Crippen LogP contribution in [0.2, 0.25) is 0 Å². The number of methoxy groups -OCH3 is 2. The zero-order chi connectivity index (χ0) is 11.8. The Bertz CT molecular complexity index is 290. The van der Waals surface area contributed by atoms with Crippen molar-refractivity contribution in [3.8, 4) is 0 Å². The van der Waals surface area contributed by atoms with E-state index in [0.29, 0.717) is 6.61 Å². The molecule has 0 saturated carbocycles. The number of hydrogen-bond donors (Lipinski definition) is 1. The maximum absolute atomic E-state index is 6.03. The summed E-state index contributed by atoms with van der Waals surface area (Å²) in [5, 5.41) is 7.91. The second-order valence-electron chi connectivity index (χ2n) is 3.62. The molecule has 0 aliphatic rings. The highest BCUT2D eigenvalue weighted by molar-refractivity contribution is 4.93. The third-order valence-electron chi connectivity index (χ3n) is 2.38. The Morgan fingerprint density at radius 3 is 2.81 bits per heavy atom. The highest BCUT2D eigenvalue weighted by atomic mass is 16.5. The number of aromatic nitrogens is 3. The summed E-state index contributed by atoms with van der Waals surface area (Å²) in [5.74, 6) is 0.813. The fourth-order valence-corrected chi connectivity index (χ4v) is 1.49. The van der Waals surface area contributed by atoms with Crippen LogP contribution >= 0.6 is 0 Å². The molecule has 0 spiro atoms. The Morgan fingerprint density at radius 2 is 2.12 bits per heavy atom. The van der Waals surface area contributed by atoms with E-state index in [2.05, 4.69) is 10.2 Å². The third kappa shape index (κ3) is 3.88. The second-order valence-corrected chi connectivity index (χ2v) is 3.62. The number of hydrogen-bond acceptors (Lipinski definition) is 5. The first-order chi connectivity index (χ1) is 7.79. The lowest BCUT2D eigenvalue weighted by molar-refractivity contribution is 0.183. The van der Waals surface area contributed by atoms with Gasteiger partial charge in [-0.15, -0.1) is 10.2 Å². The number of ether oxygens (including phenoxy) is 2. The van der Waals surface area contributed by atoms with Gasteiger partial charge in [0, 0.05) is 27.4 Å². The van der Waals surface area contributed by atoms with Gasteiger partial charge in [0.15, 0.2) is 0 Å². The van der Waals surface area contributed by atoms with E-state index in [0.717, 1.165) is 31.8 Å². The van der Waals surface area contributed by atoms with Crippen LogP contribution in [0.25, 0.3) is 0 Å². The van der Waals surface area contributed by atoms with Crippen LogP contribution < -0.4 is 5.73 Å².